The number of aromatic nitrogens is 3. The summed E-state index contributed by atoms with van der Waals surface area (Å²) in [5, 5.41) is 11.9. The molecule has 2 amide bonds. The predicted octanol–water partition coefficient (Wildman–Crippen LogP) is 6.24. The topological polar surface area (TPSA) is 119 Å². The summed E-state index contributed by atoms with van der Waals surface area (Å²) in [7, 11) is 0. The van der Waals surface area contributed by atoms with E-state index in [1.54, 1.807) is 15.5 Å². The number of alkyl halides is 3. The molecule has 6 rings (SSSR count). The van der Waals surface area contributed by atoms with Crippen LogP contribution >= 0.6 is 11.6 Å². The lowest BCUT2D eigenvalue weighted by molar-refractivity contribution is -0.162. The molecule has 278 valence electrons. The Bertz CT molecular complexity index is 1970. The Hall–Kier alpha value is -4.40. The molecular formula is C37H41ClF3N5O6. The number of rotatable bonds is 7. The minimum absolute atomic E-state index is 0.0197. The van der Waals surface area contributed by atoms with E-state index in [1.807, 2.05) is 45.0 Å². The third kappa shape index (κ3) is 8.13. The largest absolute Gasteiger partial charge is 0.444 e. The molecule has 0 bridgehead atoms. The lowest BCUT2D eigenvalue weighted by Gasteiger charge is -2.39. The van der Waals surface area contributed by atoms with Gasteiger partial charge in [-0.2, -0.15) is 13.2 Å². The molecule has 0 radical (unpaired) electrons. The van der Waals surface area contributed by atoms with Crippen molar-refractivity contribution < 1.29 is 37.3 Å². The standard InChI is InChI=1S/C37H41ClF3N5O6/c1-35(2,3)52-34(49)45-17-18-51-21-29(45)25-9-11-26(12-10-25)46-30(38)19-27-32(46)42-23-44(33(27)48)22-36(50)13-15-43(16-14-36)31(47)20-28(37(39,40)41)24-7-5-4-6-8-24/h4-12,19,23,28-29,50H,13-18,20-22H2,1-3H3/t28-,29+/m1/s1. The summed E-state index contributed by atoms with van der Waals surface area (Å²) in [5.41, 5.74) is -0.687. The van der Waals surface area contributed by atoms with Crippen LogP contribution in [0.1, 0.15) is 63.1 Å². The van der Waals surface area contributed by atoms with Crippen LogP contribution in [-0.4, -0.2) is 91.3 Å². The Balaban J connectivity index is 1.14. The second-order valence-corrected chi connectivity index (χ2v) is 14.8. The molecule has 4 heterocycles. The van der Waals surface area contributed by atoms with Gasteiger partial charge < -0.3 is 19.5 Å². The Morgan fingerprint density at radius 2 is 1.73 bits per heavy atom. The van der Waals surface area contributed by atoms with E-state index < -0.39 is 47.3 Å². The zero-order chi connectivity index (χ0) is 37.4. The summed E-state index contributed by atoms with van der Waals surface area (Å²) in [4.78, 5) is 47.0. The summed E-state index contributed by atoms with van der Waals surface area (Å²) < 4.78 is 55.8. The first-order chi connectivity index (χ1) is 24.5. The lowest BCUT2D eigenvalue weighted by Crippen LogP contribution is -2.50. The molecule has 2 fully saturated rings. The molecule has 2 aliphatic rings. The Labute approximate surface area is 303 Å². The smallest absolute Gasteiger partial charge is 0.410 e. The van der Waals surface area contributed by atoms with E-state index in [0.717, 1.165) is 5.56 Å². The Morgan fingerprint density at radius 1 is 1.06 bits per heavy atom. The van der Waals surface area contributed by atoms with E-state index in [4.69, 9.17) is 21.1 Å². The molecule has 4 aromatic rings. The van der Waals surface area contributed by atoms with Crippen LogP contribution in [0.5, 0.6) is 0 Å². The number of morpholine rings is 1. The van der Waals surface area contributed by atoms with Gasteiger partial charge in [0, 0.05) is 31.7 Å². The molecule has 2 atom stereocenters. The van der Waals surface area contributed by atoms with Crippen LogP contribution in [0.15, 0.2) is 71.8 Å². The molecule has 11 nitrogen and oxygen atoms in total. The number of fused-ring (bicyclic) bond motifs is 1. The number of aliphatic hydroxyl groups is 1. The van der Waals surface area contributed by atoms with Crippen molar-refractivity contribution in [3.8, 4) is 5.69 Å². The molecule has 2 saturated heterocycles. The van der Waals surface area contributed by atoms with E-state index in [-0.39, 0.29) is 54.6 Å². The highest BCUT2D eigenvalue weighted by molar-refractivity contribution is 6.31. The maximum Gasteiger partial charge on any atom is 0.410 e. The van der Waals surface area contributed by atoms with Gasteiger partial charge in [-0.05, 0) is 62.9 Å². The van der Waals surface area contributed by atoms with Crippen molar-refractivity contribution in [2.24, 2.45) is 0 Å². The molecule has 0 unspecified atom stereocenters. The second kappa shape index (κ2) is 14.6. The van der Waals surface area contributed by atoms with Crippen LogP contribution in [0.25, 0.3) is 16.7 Å². The summed E-state index contributed by atoms with van der Waals surface area (Å²) in [6.07, 6.45) is -4.29. The molecule has 2 aromatic heterocycles. The minimum atomic E-state index is -4.60. The van der Waals surface area contributed by atoms with Crippen molar-refractivity contribution >= 4 is 34.6 Å². The van der Waals surface area contributed by atoms with Crippen LogP contribution in [0.3, 0.4) is 0 Å². The van der Waals surface area contributed by atoms with E-state index >= 15 is 0 Å². The van der Waals surface area contributed by atoms with Crippen LogP contribution in [0.2, 0.25) is 5.15 Å². The molecule has 2 aliphatic heterocycles. The number of hydrogen-bond donors (Lipinski definition) is 1. The highest BCUT2D eigenvalue weighted by Gasteiger charge is 2.43. The van der Waals surface area contributed by atoms with Gasteiger partial charge in [-0.15, -0.1) is 0 Å². The van der Waals surface area contributed by atoms with Gasteiger partial charge in [-0.25, -0.2) is 9.78 Å². The van der Waals surface area contributed by atoms with Gasteiger partial charge in [0.1, 0.15) is 17.1 Å². The zero-order valence-corrected chi connectivity index (χ0v) is 29.9. The van der Waals surface area contributed by atoms with E-state index in [9.17, 15) is 32.7 Å². The van der Waals surface area contributed by atoms with Gasteiger partial charge in [0.05, 0.1) is 42.7 Å². The molecule has 0 spiro atoms. The first-order valence-corrected chi connectivity index (χ1v) is 17.5. The summed E-state index contributed by atoms with van der Waals surface area (Å²) in [6, 6.07) is 15.8. The SMILES string of the molecule is CC(C)(C)OC(=O)N1CCOC[C@H]1c1ccc(-n2c(Cl)cc3c(=O)n(CC4(O)CCN(C(=O)C[C@H](c5ccccc5)C(F)(F)F)CC4)cnc32)cc1. The van der Waals surface area contributed by atoms with Crippen molar-refractivity contribution in [2.75, 3.05) is 32.8 Å². The molecule has 1 N–H and O–H groups in total. The lowest BCUT2D eigenvalue weighted by atomic mass is 9.89. The number of benzene rings is 2. The number of likely N-dealkylation sites (tertiary alicyclic amines) is 1. The van der Waals surface area contributed by atoms with Gasteiger partial charge in [0.15, 0.2) is 5.65 Å². The van der Waals surface area contributed by atoms with E-state index in [0.29, 0.717) is 31.1 Å². The highest BCUT2D eigenvalue weighted by atomic mass is 35.5. The maximum atomic E-state index is 13.9. The third-order valence-corrected chi connectivity index (χ3v) is 9.80. The van der Waals surface area contributed by atoms with Crippen molar-refractivity contribution in [2.45, 2.75) is 75.9 Å². The van der Waals surface area contributed by atoms with Crippen molar-refractivity contribution in [1.82, 2.24) is 23.9 Å². The van der Waals surface area contributed by atoms with Gasteiger partial charge in [0.2, 0.25) is 5.91 Å². The monoisotopic (exact) mass is 743 g/mol. The molecule has 0 saturated carbocycles. The summed E-state index contributed by atoms with van der Waals surface area (Å²) in [6.45, 7) is 6.49. The van der Waals surface area contributed by atoms with Crippen LogP contribution in [-0.2, 0) is 20.8 Å². The number of ether oxygens (including phenoxy) is 2. The molecule has 52 heavy (non-hydrogen) atoms. The second-order valence-electron chi connectivity index (χ2n) is 14.4. The number of halogens is 4. The van der Waals surface area contributed by atoms with Crippen molar-refractivity contribution in [3.05, 3.63) is 93.6 Å². The number of piperidine rings is 1. The minimum Gasteiger partial charge on any atom is -0.444 e. The number of hydrogen-bond acceptors (Lipinski definition) is 7. The third-order valence-electron chi connectivity index (χ3n) is 9.52. The van der Waals surface area contributed by atoms with Gasteiger partial charge in [-0.1, -0.05) is 54.1 Å². The predicted molar refractivity (Wildman–Crippen MR) is 187 cm³/mol. The first-order valence-electron chi connectivity index (χ1n) is 17.1. The highest BCUT2D eigenvalue weighted by Crippen LogP contribution is 2.38. The average molecular weight is 744 g/mol. The van der Waals surface area contributed by atoms with Crippen LogP contribution < -0.4 is 5.56 Å². The normalized spacial score (nSPS) is 18.7. The number of carbonyl (C=O) groups excluding carboxylic acids is 2. The van der Waals surface area contributed by atoms with Crippen molar-refractivity contribution in [1.29, 1.82) is 0 Å². The quantitative estimate of drug-likeness (QED) is 0.238. The van der Waals surface area contributed by atoms with Crippen LogP contribution in [0.4, 0.5) is 18.0 Å². The Morgan fingerprint density at radius 3 is 2.37 bits per heavy atom. The molecule has 0 aliphatic carbocycles. The number of nitrogens with zero attached hydrogens (tertiary/aromatic N) is 5. The molecular weight excluding hydrogens is 703 g/mol. The van der Waals surface area contributed by atoms with Gasteiger partial charge in [0.25, 0.3) is 5.56 Å². The maximum absolute atomic E-state index is 13.9. The fourth-order valence-corrected chi connectivity index (χ4v) is 7.05. The zero-order valence-electron chi connectivity index (χ0n) is 29.1. The molecule has 2 aromatic carbocycles. The number of amides is 2. The first kappa shape index (κ1) is 37.4. The van der Waals surface area contributed by atoms with E-state index in [2.05, 4.69) is 4.98 Å². The summed E-state index contributed by atoms with van der Waals surface area (Å²) in [5.74, 6) is -2.58. The Kier molecular flexibility index (Phi) is 10.5. The molecule has 15 heteroatoms. The fourth-order valence-electron chi connectivity index (χ4n) is 6.77. The average Bonchev–Trinajstić information content (AvgIpc) is 3.44. The van der Waals surface area contributed by atoms with Crippen LogP contribution in [0, 0.1) is 0 Å². The van der Waals surface area contributed by atoms with Gasteiger partial charge >= 0.3 is 12.3 Å². The summed E-state index contributed by atoms with van der Waals surface area (Å²) >= 11 is 6.64. The fraction of sp³-hybridized carbons (Fsp3) is 0.459. The van der Waals surface area contributed by atoms with Crippen molar-refractivity contribution in [3.63, 3.8) is 0 Å². The number of carbonyl (C=O) groups is 2. The van der Waals surface area contributed by atoms with E-state index in [1.165, 1.54) is 46.1 Å². The van der Waals surface area contributed by atoms with Gasteiger partial charge in [-0.3, -0.25) is 23.6 Å².